The normalized spacial score (nSPS) is 25.1. The average Bonchev–Trinajstić information content (AvgIpc) is 2.53. The predicted molar refractivity (Wildman–Crippen MR) is 79.7 cm³/mol. The van der Waals surface area contributed by atoms with Gasteiger partial charge < -0.3 is 15.2 Å². The number of aliphatic hydroxyl groups excluding tert-OH is 1. The largest absolute Gasteiger partial charge is 0.485 e. The van der Waals surface area contributed by atoms with Crippen LogP contribution in [0.1, 0.15) is 31.1 Å². The van der Waals surface area contributed by atoms with Crippen LogP contribution in [-0.4, -0.2) is 34.5 Å². The van der Waals surface area contributed by atoms with Gasteiger partial charge in [-0.25, -0.2) is 0 Å². The van der Waals surface area contributed by atoms with Gasteiger partial charge in [-0.2, -0.15) is 10.3 Å². The van der Waals surface area contributed by atoms with E-state index in [0.717, 1.165) is 5.06 Å². The Kier molecular flexibility index (Phi) is 3.72. The van der Waals surface area contributed by atoms with E-state index in [1.165, 1.54) is 12.3 Å². The molecule has 2 heterocycles. The number of benzene rings is 1. The first kappa shape index (κ1) is 15.3. The first-order chi connectivity index (χ1) is 10.9. The SMILES string of the molecule is CC1(C)Oc2ccc(C#N)cc2C(ON2CNC=CC2=O)C1O. The number of nitrogens with one attached hydrogen (secondary N) is 1. The van der Waals surface area contributed by atoms with Crippen LogP contribution >= 0.6 is 0 Å². The Labute approximate surface area is 133 Å². The quantitative estimate of drug-likeness (QED) is 0.844. The topological polar surface area (TPSA) is 94.8 Å². The standard InChI is InChI=1S/C16H17N3O4/c1-16(2)15(21)14(23-19-9-18-6-5-13(19)20)11-7-10(8-17)3-4-12(11)22-16/h3-7,14-15,18,21H,9H2,1-2H3. The Bertz CT molecular complexity index is 708. The van der Waals surface area contributed by atoms with Crippen molar-refractivity contribution in [1.82, 2.24) is 10.4 Å². The Hall–Kier alpha value is -2.56. The number of nitriles is 1. The molecule has 0 saturated heterocycles. The minimum absolute atomic E-state index is 0.174. The van der Waals surface area contributed by atoms with E-state index in [9.17, 15) is 9.90 Å². The maximum absolute atomic E-state index is 11.9. The lowest BCUT2D eigenvalue weighted by Gasteiger charge is -2.43. The first-order valence-corrected chi connectivity index (χ1v) is 7.22. The van der Waals surface area contributed by atoms with Crippen LogP contribution in [0.15, 0.2) is 30.5 Å². The van der Waals surface area contributed by atoms with Gasteiger partial charge in [0.05, 0.1) is 11.6 Å². The molecular weight excluding hydrogens is 298 g/mol. The molecule has 2 unspecified atom stereocenters. The molecule has 0 fully saturated rings. The number of ether oxygens (including phenoxy) is 1. The van der Waals surface area contributed by atoms with Crippen molar-refractivity contribution in [2.45, 2.75) is 31.7 Å². The van der Waals surface area contributed by atoms with E-state index in [0.29, 0.717) is 16.9 Å². The lowest BCUT2D eigenvalue weighted by molar-refractivity contribution is -0.244. The summed E-state index contributed by atoms with van der Waals surface area (Å²) in [5.74, 6) is 0.204. The summed E-state index contributed by atoms with van der Waals surface area (Å²) in [4.78, 5) is 17.6. The maximum Gasteiger partial charge on any atom is 0.273 e. The molecule has 2 aliphatic heterocycles. The number of fused-ring (bicyclic) bond motifs is 1. The van der Waals surface area contributed by atoms with Crippen molar-refractivity contribution in [2.24, 2.45) is 0 Å². The fourth-order valence-corrected chi connectivity index (χ4v) is 2.58. The van der Waals surface area contributed by atoms with Gasteiger partial charge in [-0.05, 0) is 32.0 Å². The van der Waals surface area contributed by atoms with Gasteiger partial charge in [0.1, 0.15) is 30.2 Å². The second kappa shape index (κ2) is 5.57. The third kappa shape index (κ3) is 2.74. The van der Waals surface area contributed by atoms with E-state index in [1.54, 1.807) is 32.0 Å². The molecule has 0 spiro atoms. The zero-order chi connectivity index (χ0) is 16.6. The number of nitrogens with zero attached hydrogens (tertiary/aromatic N) is 2. The van der Waals surface area contributed by atoms with Gasteiger partial charge in [0.15, 0.2) is 0 Å². The summed E-state index contributed by atoms with van der Waals surface area (Å²) < 4.78 is 5.80. The fraction of sp³-hybridized carbons (Fsp3) is 0.375. The molecule has 2 N–H and O–H groups in total. The van der Waals surface area contributed by atoms with E-state index in [4.69, 9.17) is 14.8 Å². The summed E-state index contributed by atoms with van der Waals surface area (Å²) in [5.41, 5.74) is 0.0718. The van der Waals surface area contributed by atoms with Crippen LogP contribution in [0, 0.1) is 11.3 Å². The summed E-state index contributed by atoms with van der Waals surface area (Å²) in [5, 5.41) is 23.7. The summed E-state index contributed by atoms with van der Waals surface area (Å²) in [6.45, 7) is 3.66. The average molecular weight is 315 g/mol. The highest BCUT2D eigenvalue weighted by molar-refractivity contribution is 5.87. The van der Waals surface area contributed by atoms with Gasteiger partial charge in [0, 0.05) is 17.8 Å². The Balaban J connectivity index is 1.98. The van der Waals surface area contributed by atoms with Crippen molar-refractivity contribution in [3.8, 4) is 11.8 Å². The molecule has 3 rings (SSSR count). The number of rotatable bonds is 2. The molecular formula is C16H17N3O4. The van der Waals surface area contributed by atoms with Crippen LogP contribution in [0.2, 0.25) is 0 Å². The second-order valence-corrected chi connectivity index (χ2v) is 5.95. The number of hydroxylamine groups is 2. The second-order valence-electron chi connectivity index (χ2n) is 5.95. The van der Waals surface area contributed by atoms with Crippen molar-refractivity contribution in [3.05, 3.63) is 41.6 Å². The Morgan fingerprint density at radius 3 is 3.00 bits per heavy atom. The van der Waals surface area contributed by atoms with E-state index in [-0.39, 0.29) is 12.6 Å². The van der Waals surface area contributed by atoms with Gasteiger partial charge in [0.25, 0.3) is 5.91 Å². The lowest BCUT2D eigenvalue weighted by Crippen LogP contribution is -2.52. The highest BCUT2D eigenvalue weighted by Crippen LogP contribution is 2.42. The molecule has 7 heteroatoms. The van der Waals surface area contributed by atoms with E-state index < -0.39 is 17.8 Å². The number of carbonyl (C=O) groups excluding carboxylic acids is 1. The van der Waals surface area contributed by atoms with Gasteiger partial charge in [-0.15, -0.1) is 0 Å². The smallest absolute Gasteiger partial charge is 0.273 e. The Morgan fingerprint density at radius 1 is 1.52 bits per heavy atom. The van der Waals surface area contributed by atoms with Crippen LogP contribution in [0.5, 0.6) is 5.75 Å². The monoisotopic (exact) mass is 315 g/mol. The summed E-state index contributed by atoms with van der Waals surface area (Å²) in [6.07, 6.45) is 1.04. The summed E-state index contributed by atoms with van der Waals surface area (Å²) in [7, 11) is 0. The molecule has 120 valence electrons. The van der Waals surface area contributed by atoms with Crippen LogP contribution < -0.4 is 10.1 Å². The summed E-state index contributed by atoms with van der Waals surface area (Å²) >= 11 is 0. The van der Waals surface area contributed by atoms with E-state index >= 15 is 0 Å². The molecule has 2 atom stereocenters. The highest BCUT2D eigenvalue weighted by atomic mass is 16.7. The number of hydrogen-bond donors (Lipinski definition) is 2. The highest BCUT2D eigenvalue weighted by Gasteiger charge is 2.45. The van der Waals surface area contributed by atoms with Gasteiger partial charge in [0.2, 0.25) is 0 Å². The van der Waals surface area contributed by atoms with Crippen LogP contribution in [-0.2, 0) is 9.63 Å². The third-order valence-electron chi connectivity index (χ3n) is 3.88. The third-order valence-corrected chi connectivity index (χ3v) is 3.88. The molecule has 7 nitrogen and oxygen atoms in total. The molecule has 1 aromatic rings. The van der Waals surface area contributed by atoms with Crippen LogP contribution in [0.25, 0.3) is 0 Å². The maximum atomic E-state index is 11.9. The van der Waals surface area contributed by atoms with Crippen LogP contribution in [0.3, 0.4) is 0 Å². The molecule has 2 aliphatic rings. The summed E-state index contributed by atoms with van der Waals surface area (Å²) in [6, 6.07) is 6.97. The minimum Gasteiger partial charge on any atom is -0.485 e. The number of aliphatic hydroxyl groups is 1. The fourth-order valence-electron chi connectivity index (χ4n) is 2.58. The van der Waals surface area contributed by atoms with Gasteiger partial charge >= 0.3 is 0 Å². The lowest BCUT2D eigenvalue weighted by atomic mass is 9.88. The molecule has 1 amide bonds. The number of carbonyl (C=O) groups is 1. The van der Waals surface area contributed by atoms with Crippen molar-refractivity contribution < 1.29 is 19.5 Å². The number of amides is 1. The van der Waals surface area contributed by atoms with Crippen molar-refractivity contribution in [1.29, 1.82) is 5.26 Å². The van der Waals surface area contributed by atoms with Crippen molar-refractivity contribution >= 4 is 5.91 Å². The molecule has 0 radical (unpaired) electrons. The molecule has 0 bridgehead atoms. The van der Waals surface area contributed by atoms with Crippen molar-refractivity contribution in [2.75, 3.05) is 6.67 Å². The van der Waals surface area contributed by atoms with Crippen LogP contribution in [0.4, 0.5) is 0 Å². The minimum atomic E-state index is -1.01. The van der Waals surface area contributed by atoms with Gasteiger partial charge in [-0.1, -0.05) is 0 Å². The molecule has 0 aliphatic carbocycles. The predicted octanol–water partition coefficient (Wildman–Crippen LogP) is 0.966. The molecule has 23 heavy (non-hydrogen) atoms. The van der Waals surface area contributed by atoms with E-state index in [1.807, 2.05) is 6.07 Å². The zero-order valence-corrected chi connectivity index (χ0v) is 12.8. The van der Waals surface area contributed by atoms with Crippen molar-refractivity contribution in [3.63, 3.8) is 0 Å². The van der Waals surface area contributed by atoms with Gasteiger partial charge in [-0.3, -0.25) is 9.63 Å². The first-order valence-electron chi connectivity index (χ1n) is 7.22. The molecule has 1 aromatic carbocycles. The number of hydrogen-bond acceptors (Lipinski definition) is 6. The zero-order valence-electron chi connectivity index (χ0n) is 12.8. The molecule has 0 aromatic heterocycles. The van der Waals surface area contributed by atoms with E-state index in [2.05, 4.69) is 5.32 Å². The molecule has 0 saturated carbocycles. The Morgan fingerprint density at radius 2 is 2.30 bits per heavy atom.